The highest BCUT2D eigenvalue weighted by atomic mass is 35.5. The number of thiazole rings is 1. The van der Waals surface area contributed by atoms with Gasteiger partial charge in [0.05, 0.1) is 18.8 Å². The van der Waals surface area contributed by atoms with Crippen molar-refractivity contribution in [1.82, 2.24) is 15.2 Å². The first-order valence-corrected chi connectivity index (χ1v) is 9.30. The number of anilines is 1. The molecule has 27 heavy (non-hydrogen) atoms. The summed E-state index contributed by atoms with van der Waals surface area (Å²) >= 11 is 1.58. The van der Waals surface area contributed by atoms with E-state index in [9.17, 15) is 4.79 Å². The standard InChI is InChI=1S/C18H24N4O2S.2ClH/c1-24-10-8-19-11-17(23)21-18-20-15-7-9-22(13-16(15)25-18)12-14-5-3-2-4-6-14;;/h2-6,19H,7-13H2,1H3,(H,20,21,23);2*1H. The van der Waals surface area contributed by atoms with Gasteiger partial charge in [-0.05, 0) is 5.56 Å². The maximum Gasteiger partial charge on any atom is 0.240 e. The second-order valence-corrected chi connectivity index (χ2v) is 7.14. The van der Waals surface area contributed by atoms with Crippen LogP contribution in [0.3, 0.4) is 0 Å². The number of halogens is 2. The van der Waals surface area contributed by atoms with Crippen molar-refractivity contribution in [2.24, 2.45) is 0 Å². The van der Waals surface area contributed by atoms with Gasteiger partial charge in [0.1, 0.15) is 0 Å². The first-order valence-electron chi connectivity index (χ1n) is 8.49. The predicted molar refractivity (Wildman–Crippen MR) is 114 cm³/mol. The minimum Gasteiger partial charge on any atom is -0.383 e. The van der Waals surface area contributed by atoms with Crippen molar-refractivity contribution < 1.29 is 9.53 Å². The molecule has 0 radical (unpaired) electrons. The SMILES string of the molecule is COCCNCC(=O)Nc1nc2c(s1)CN(Cc1ccccc1)CC2.Cl.Cl. The minimum atomic E-state index is -0.0664. The smallest absolute Gasteiger partial charge is 0.240 e. The average molecular weight is 433 g/mol. The summed E-state index contributed by atoms with van der Waals surface area (Å²) in [5.74, 6) is -0.0664. The van der Waals surface area contributed by atoms with Crippen molar-refractivity contribution in [3.63, 3.8) is 0 Å². The maximum atomic E-state index is 11.9. The van der Waals surface area contributed by atoms with Crippen LogP contribution in [0.4, 0.5) is 5.13 Å². The van der Waals surface area contributed by atoms with Gasteiger partial charge in [0.25, 0.3) is 0 Å². The van der Waals surface area contributed by atoms with E-state index in [1.54, 1.807) is 18.4 Å². The van der Waals surface area contributed by atoms with Crippen LogP contribution < -0.4 is 10.6 Å². The maximum absolute atomic E-state index is 11.9. The molecule has 6 nitrogen and oxygen atoms in total. The largest absolute Gasteiger partial charge is 0.383 e. The van der Waals surface area contributed by atoms with E-state index < -0.39 is 0 Å². The van der Waals surface area contributed by atoms with E-state index in [0.717, 1.165) is 31.7 Å². The van der Waals surface area contributed by atoms with Crippen LogP contribution >= 0.6 is 36.2 Å². The number of carbonyl (C=O) groups is 1. The Labute approximate surface area is 176 Å². The fraction of sp³-hybridized carbons (Fsp3) is 0.444. The van der Waals surface area contributed by atoms with E-state index in [2.05, 4.69) is 44.8 Å². The quantitative estimate of drug-likeness (QED) is 0.627. The molecule has 0 fully saturated rings. The molecular weight excluding hydrogens is 407 g/mol. The zero-order chi connectivity index (χ0) is 17.5. The first-order chi connectivity index (χ1) is 12.2. The fourth-order valence-corrected chi connectivity index (χ4v) is 3.88. The predicted octanol–water partition coefficient (Wildman–Crippen LogP) is 2.72. The molecule has 1 amide bonds. The Kier molecular flexibility index (Phi) is 10.8. The van der Waals surface area contributed by atoms with Crippen molar-refractivity contribution in [1.29, 1.82) is 0 Å². The third-order valence-electron chi connectivity index (χ3n) is 4.07. The molecule has 1 aliphatic heterocycles. The molecule has 0 atom stereocenters. The van der Waals surface area contributed by atoms with Crippen LogP contribution in [-0.4, -0.2) is 49.1 Å². The van der Waals surface area contributed by atoms with Gasteiger partial charge >= 0.3 is 0 Å². The number of nitrogens with one attached hydrogen (secondary N) is 2. The number of fused-ring (bicyclic) bond motifs is 1. The van der Waals surface area contributed by atoms with E-state index in [0.29, 0.717) is 18.3 Å². The van der Waals surface area contributed by atoms with Gasteiger partial charge < -0.3 is 15.4 Å². The van der Waals surface area contributed by atoms with E-state index in [4.69, 9.17) is 4.74 Å². The van der Waals surface area contributed by atoms with Crippen LogP contribution in [0.15, 0.2) is 30.3 Å². The second-order valence-electron chi connectivity index (χ2n) is 6.05. The highest BCUT2D eigenvalue weighted by Crippen LogP contribution is 2.28. The second kappa shape index (κ2) is 12.3. The lowest BCUT2D eigenvalue weighted by Gasteiger charge is -2.25. The van der Waals surface area contributed by atoms with Gasteiger partial charge in [0.15, 0.2) is 5.13 Å². The summed E-state index contributed by atoms with van der Waals surface area (Å²) in [6.45, 7) is 4.36. The van der Waals surface area contributed by atoms with E-state index in [1.165, 1.54) is 10.4 Å². The van der Waals surface area contributed by atoms with Crippen LogP contribution in [0, 0.1) is 0 Å². The van der Waals surface area contributed by atoms with Crippen LogP contribution in [-0.2, 0) is 29.0 Å². The summed E-state index contributed by atoms with van der Waals surface area (Å²) in [4.78, 5) is 20.2. The summed E-state index contributed by atoms with van der Waals surface area (Å²) in [6.07, 6.45) is 0.931. The number of amides is 1. The third-order valence-corrected chi connectivity index (χ3v) is 5.07. The molecular formula is C18H26Cl2N4O2S. The summed E-state index contributed by atoms with van der Waals surface area (Å²) < 4.78 is 4.94. The molecule has 0 unspecified atom stereocenters. The molecule has 2 N–H and O–H groups in total. The Morgan fingerprint density at radius 3 is 2.81 bits per heavy atom. The molecule has 0 saturated heterocycles. The Morgan fingerprint density at radius 1 is 1.30 bits per heavy atom. The van der Waals surface area contributed by atoms with Crippen LogP contribution in [0.5, 0.6) is 0 Å². The topological polar surface area (TPSA) is 66.5 Å². The molecule has 1 aromatic carbocycles. The lowest BCUT2D eigenvalue weighted by atomic mass is 10.1. The van der Waals surface area contributed by atoms with Crippen LogP contribution in [0.25, 0.3) is 0 Å². The Hall–Kier alpha value is -1.22. The zero-order valence-corrected chi connectivity index (χ0v) is 17.7. The number of aromatic nitrogens is 1. The summed E-state index contributed by atoms with van der Waals surface area (Å²) in [6, 6.07) is 10.5. The molecule has 9 heteroatoms. The minimum absolute atomic E-state index is 0. The summed E-state index contributed by atoms with van der Waals surface area (Å²) in [5, 5.41) is 6.62. The summed E-state index contributed by atoms with van der Waals surface area (Å²) in [7, 11) is 1.64. The number of methoxy groups -OCH3 is 1. The number of carbonyl (C=O) groups excluding carboxylic acids is 1. The highest BCUT2D eigenvalue weighted by molar-refractivity contribution is 7.15. The fourth-order valence-electron chi connectivity index (χ4n) is 2.82. The molecule has 0 bridgehead atoms. The Morgan fingerprint density at radius 2 is 2.07 bits per heavy atom. The van der Waals surface area contributed by atoms with Gasteiger partial charge in [0, 0.05) is 44.6 Å². The Bertz CT molecular complexity index is 700. The molecule has 0 spiro atoms. The third kappa shape index (κ3) is 7.37. The van der Waals surface area contributed by atoms with Gasteiger partial charge in [-0.25, -0.2) is 4.98 Å². The van der Waals surface area contributed by atoms with Crippen molar-refractivity contribution >= 4 is 47.2 Å². The molecule has 0 saturated carbocycles. The van der Waals surface area contributed by atoms with E-state index in [1.807, 2.05) is 6.07 Å². The number of hydrogen-bond acceptors (Lipinski definition) is 6. The molecule has 1 aliphatic rings. The molecule has 150 valence electrons. The number of nitrogens with zero attached hydrogens (tertiary/aromatic N) is 2. The van der Waals surface area contributed by atoms with Crippen molar-refractivity contribution in [3.8, 4) is 0 Å². The number of benzene rings is 1. The number of ether oxygens (including phenoxy) is 1. The lowest BCUT2D eigenvalue weighted by molar-refractivity contribution is -0.115. The number of rotatable bonds is 8. The zero-order valence-electron chi connectivity index (χ0n) is 15.3. The molecule has 2 aromatic rings. The van der Waals surface area contributed by atoms with Gasteiger partial charge in [-0.15, -0.1) is 36.2 Å². The van der Waals surface area contributed by atoms with E-state index in [-0.39, 0.29) is 37.3 Å². The van der Waals surface area contributed by atoms with Crippen LogP contribution in [0.1, 0.15) is 16.1 Å². The van der Waals surface area contributed by atoms with Crippen molar-refractivity contribution in [2.45, 2.75) is 19.5 Å². The van der Waals surface area contributed by atoms with Gasteiger partial charge in [-0.2, -0.15) is 0 Å². The lowest BCUT2D eigenvalue weighted by Crippen LogP contribution is -2.30. The van der Waals surface area contributed by atoms with Crippen molar-refractivity contribution in [2.75, 3.05) is 38.7 Å². The van der Waals surface area contributed by atoms with E-state index >= 15 is 0 Å². The van der Waals surface area contributed by atoms with Gasteiger partial charge in [-0.1, -0.05) is 30.3 Å². The van der Waals surface area contributed by atoms with Crippen LogP contribution in [0.2, 0.25) is 0 Å². The van der Waals surface area contributed by atoms with Crippen molar-refractivity contribution in [3.05, 3.63) is 46.5 Å². The monoisotopic (exact) mass is 432 g/mol. The van der Waals surface area contributed by atoms with Gasteiger partial charge in [-0.3, -0.25) is 9.69 Å². The molecule has 2 heterocycles. The molecule has 0 aliphatic carbocycles. The first kappa shape index (κ1) is 23.8. The average Bonchev–Trinajstić information content (AvgIpc) is 3.01. The molecule has 1 aromatic heterocycles. The van der Waals surface area contributed by atoms with Gasteiger partial charge in [0.2, 0.25) is 5.91 Å². The molecule has 3 rings (SSSR count). The number of hydrogen-bond donors (Lipinski definition) is 2. The Balaban J connectivity index is 0.00000182. The summed E-state index contributed by atoms with van der Waals surface area (Å²) in [5.41, 5.74) is 2.45. The normalized spacial score (nSPS) is 13.2. The highest BCUT2D eigenvalue weighted by Gasteiger charge is 2.21.